The number of nitrogens with one attached hydrogen (secondary N) is 1. The van der Waals surface area contributed by atoms with Gasteiger partial charge in [0.05, 0.1) is 6.61 Å². The average molecular weight is 482 g/mol. The number of esters is 1. The summed E-state index contributed by atoms with van der Waals surface area (Å²) >= 11 is 2.33. The maximum absolute atomic E-state index is 12.7. The van der Waals surface area contributed by atoms with E-state index in [1.54, 1.807) is 12.2 Å². The molecular formula is C18H19N5O7S2. The molecule has 0 unspecified atom stereocenters. The number of ether oxygens (including phenoxy) is 1. The predicted octanol–water partition coefficient (Wildman–Crippen LogP) is 0.152. The normalized spacial score (nSPS) is 20.7. The average Bonchev–Trinajstić information content (AvgIpc) is 3.17. The van der Waals surface area contributed by atoms with E-state index >= 15 is 0 Å². The summed E-state index contributed by atoms with van der Waals surface area (Å²) in [5, 5.41) is 25.2. The van der Waals surface area contributed by atoms with E-state index in [4.69, 9.17) is 10.5 Å². The zero-order chi connectivity index (χ0) is 23.4. The molecule has 2 aliphatic heterocycles. The number of thiazole rings is 1. The Balaban J connectivity index is 1.70. The lowest BCUT2D eigenvalue weighted by Gasteiger charge is -2.49. The Morgan fingerprint density at radius 3 is 2.81 bits per heavy atom. The zero-order valence-corrected chi connectivity index (χ0v) is 18.3. The number of fused-ring (bicyclic) bond motifs is 1. The standard InChI is InChI=1S/C18H19N5O7S2/c1-8(24)30-5-3-2-4-9-6-31-16-12(15(26)23(16)13(9)17(27)28)21-14(25)11(22-29)10-7-32-18(19)20-10/h2,4,7,12,16,29H,3,5-6H2,1H3,(H2,19,20)(H,21,25)(H,27,28)/b4-2+,22-11?/t12-,16-/m1/s1. The molecule has 14 heteroatoms. The quantitative estimate of drug-likeness (QED) is 0.0995. The molecule has 1 saturated heterocycles. The summed E-state index contributed by atoms with van der Waals surface area (Å²) in [7, 11) is 0. The Morgan fingerprint density at radius 2 is 2.22 bits per heavy atom. The number of carboxylic acid groups (broad SMARTS) is 1. The minimum Gasteiger partial charge on any atom is -0.477 e. The van der Waals surface area contributed by atoms with Crippen LogP contribution in [0.25, 0.3) is 0 Å². The van der Waals surface area contributed by atoms with E-state index in [2.05, 4.69) is 15.5 Å². The number of carboxylic acids is 1. The summed E-state index contributed by atoms with van der Waals surface area (Å²) in [6.45, 7) is 1.45. The molecule has 2 atom stereocenters. The second-order valence-corrected chi connectivity index (χ2v) is 8.59. The summed E-state index contributed by atoms with van der Waals surface area (Å²) < 4.78 is 4.81. The first kappa shape index (κ1) is 23.3. The van der Waals surface area contributed by atoms with Crippen LogP contribution in [0.15, 0.2) is 34.0 Å². The van der Waals surface area contributed by atoms with Gasteiger partial charge < -0.3 is 26.1 Å². The Kier molecular flexibility index (Phi) is 7.15. The topological polar surface area (TPSA) is 185 Å². The Hall–Kier alpha value is -3.39. The molecule has 2 amide bonds. The van der Waals surface area contributed by atoms with Gasteiger partial charge >= 0.3 is 11.9 Å². The summed E-state index contributed by atoms with van der Waals surface area (Å²) in [6.07, 6.45) is 3.63. The molecule has 0 spiro atoms. The predicted molar refractivity (Wildman–Crippen MR) is 115 cm³/mol. The minimum atomic E-state index is -1.27. The van der Waals surface area contributed by atoms with Crippen LogP contribution in [0.1, 0.15) is 19.0 Å². The molecule has 0 aromatic carbocycles. The number of nitrogen functional groups attached to an aromatic ring is 1. The largest absolute Gasteiger partial charge is 0.477 e. The number of hydrogen-bond donors (Lipinski definition) is 4. The number of anilines is 1. The molecule has 2 aliphatic rings. The molecule has 3 heterocycles. The number of oxime groups is 1. The highest BCUT2D eigenvalue weighted by molar-refractivity contribution is 8.00. The molecule has 1 aromatic heterocycles. The number of aromatic nitrogens is 1. The van der Waals surface area contributed by atoms with Gasteiger partial charge in [-0.05, 0) is 12.0 Å². The number of β-lactam (4-membered cyclic amide) rings is 1. The number of carbonyl (C=O) groups is 4. The van der Waals surface area contributed by atoms with Crippen molar-refractivity contribution >= 4 is 57.7 Å². The minimum absolute atomic E-state index is 0.0553. The number of nitrogens with zero attached hydrogens (tertiary/aromatic N) is 3. The fourth-order valence-electron chi connectivity index (χ4n) is 3.09. The first-order valence-electron chi connectivity index (χ1n) is 9.20. The van der Waals surface area contributed by atoms with Crippen molar-refractivity contribution in [3.8, 4) is 0 Å². The maximum atomic E-state index is 12.7. The summed E-state index contributed by atoms with van der Waals surface area (Å²) in [5.74, 6) is -2.84. The van der Waals surface area contributed by atoms with Gasteiger partial charge in [-0.3, -0.25) is 19.3 Å². The molecule has 0 radical (unpaired) electrons. The summed E-state index contributed by atoms with van der Waals surface area (Å²) in [6, 6.07) is -0.996. The van der Waals surface area contributed by atoms with Crippen molar-refractivity contribution < 1.29 is 34.2 Å². The van der Waals surface area contributed by atoms with Gasteiger partial charge in [-0.25, -0.2) is 9.78 Å². The zero-order valence-electron chi connectivity index (χ0n) is 16.7. The van der Waals surface area contributed by atoms with Crippen LogP contribution in [0.3, 0.4) is 0 Å². The smallest absolute Gasteiger partial charge is 0.352 e. The molecule has 5 N–H and O–H groups in total. The Morgan fingerprint density at radius 1 is 1.47 bits per heavy atom. The van der Waals surface area contributed by atoms with E-state index in [9.17, 15) is 29.5 Å². The van der Waals surface area contributed by atoms with Crippen molar-refractivity contribution in [2.45, 2.75) is 24.8 Å². The number of thioether (sulfide) groups is 1. The summed E-state index contributed by atoms with van der Waals surface area (Å²) in [4.78, 5) is 52.8. The molecule has 0 saturated carbocycles. The van der Waals surface area contributed by atoms with Crippen LogP contribution in [-0.4, -0.2) is 73.4 Å². The molecule has 0 aliphatic carbocycles. The van der Waals surface area contributed by atoms with Crippen molar-refractivity contribution in [2.24, 2.45) is 5.16 Å². The van der Waals surface area contributed by atoms with E-state index in [1.165, 1.54) is 24.1 Å². The maximum Gasteiger partial charge on any atom is 0.352 e. The van der Waals surface area contributed by atoms with E-state index in [1.807, 2.05) is 0 Å². The van der Waals surface area contributed by atoms with Gasteiger partial charge in [-0.15, -0.1) is 23.1 Å². The summed E-state index contributed by atoms with van der Waals surface area (Å²) in [5.41, 5.74) is 5.43. The highest BCUT2D eigenvalue weighted by Crippen LogP contribution is 2.40. The van der Waals surface area contributed by atoms with Crippen LogP contribution in [0.5, 0.6) is 0 Å². The highest BCUT2D eigenvalue weighted by atomic mass is 32.2. The van der Waals surface area contributed by atoms with Crippen LogP contribution in [0.2, 0.25) is 0 Å². The molecule has 12 nitrogen and oxygen atoms in total. The van der Waals surface area contributed by atoms with E-state index < -0.39 is 40.9 Å². The van der Waals surface area contributed by atoms with Crippen molar-refractivity contribution in [1.82, 2.24) is 15.2 Å². The lowest BCUT2D eigenvalue weighted by Crippen LogP contribution is -2.71. The van der Waals surface area contributed by atoms with Gasteiger partial charge in [0.25, 0.3) is 11.8 Å². The first-order valence-corrected chi connectivity index (χ1v) is 11.1. The van der Waals surface area contributed by atoms with Crippen LogP contribution in [0.4, 0.5) is 5.13 Å². The number of hydrogen-bond acceptors (Lipinski definition) is 11. The van der Waals surface area contributed by atoms with Crippen LogP contribution in [0, 0.1) is 0 Å². The molecule has 1 fully saturated rings. The molecule has 32 heavy (non-hydrogen) atoms. The molecular weight excluding hydrogens is 462 g/mol. The van der Waals surface area contributed by atoms with Crippen molar-refractivity contribution in [3.63, 3.8) is 0 Å². The van der Waals surface area contributed by atoms with Gasteiger partial charge in [0, 0.05) is 18.1 Å². The molecule has 1 aromatic rings. The van der Waals surface area contributed by atoms with E-state index in [0.717, 1.165) is 16.2 Å². The molecule has 3 rings (SSSR count). The number of allylic oxidation sites excluding steroid dienone is 1. The van der Waals surface area contributed by atoms with Gasteiger partial charge in [0.15, 0.2) is 10.8 Å². The van der Waals surface area contributed by atoms with Crippen molar-refractivity contribution in [2.75, 3.05) is 18.1 Å². The molecule has 170 valence electrons. The molecule has 0 bridgehead atoms. The number of nitrogens with two attached hydrogens (primary N) is 1. The van der Waals surface area contributed by atoms with Gasteiger partial charge in [0.1, 0.15) is 22.8 Å². The van der Waals surface area contributed by atoms with Crippen molar-refractivity contribution in [1.29, 1.82) is 0 Å². The lowest BCUT2D eigenvalue weighted by molar-refractivity contribution is -0.150. The number of rotatable bonds is 8. The fourth-order valence-corrected chi connectivity index (χ4v) is 4.95. The number of aliphatic carboxylic acids is 1. The fraction of sp³-hybridized carbons (Fsp3) is 0.333. The second kappa shape index (κ2) is 9.82. The van der Waals surface area contributed by atoms with E-state index in [0.29, 0.717) is 12.0 Å². The number of amides is 2. The van der Waals surface area contributed by atoms with Gasteiger partial charge in [-0.1, -0.05) is 17.3 Å². The lowest BCUT2D eigenvalue weighted by atomic mass is 10.0. The van der Waals surface area contributed by atoms with Crippen LogP contribution < -0.4 is 11.1 Å². The number of carbonyl (C=O) groups excluding carboxylic acids is 3. The van der Waals surface area contributed by atoms with Gasteiger partial charge in [0.2, 0.25) is 0 Å². The third-order valence-electron chi connectivity index (χ3n) is 4.48. The van der Waals surface area contributed by atoms with Crippen molar-refractivity contribution in [3.05, 3.63) is 34.5 Å². The van der Waals surface area contributed by atoms with Gasteiger partial charge in [-0.2, -0.15) is 0 Å². The first-order chi connectivity index (χ1) is 15.2. The Bertz CT molecular complexity index is 1050. The Labute approximate surface area is 189 Å². The SMILES string of the molecule is CC(=O)OCC/C=C/C1=C(C(=O)O)N2C(=O)[C@@H](NC(=O)C(=NO)c3csc(N)n3)[C@H]2SC1. The second-order valence-electron chi connectivity index (χ2n) is 6.59. The van der Waals surface area contributed by atoms with Crippen LogP contribution >= 0.6 is 23.1 Å². The highest BCUT2D eigenvalue weighted by Gasteiger charge is 2.54. The van der Waals surface area contributed by atoms with E-state index in [-0.39, 0.29) is 28.9 Å². The monoisotopic (exact) mass is 481 g/mol. The third-order valence-corrected chi connectivity index (χ3v) is 6.45. The third kappa shape index (κ3) is 4.75. The van der Waals surface area contributed by atoms with Crippen LogP contribution in [-0.2, 0) is 23.9 Å².